The van der Waals surface area contributed by atoms with Crippen molar-refractivity contribution in [2.24, 2.45) is 5.18 Å². The number of rotatable bonds is 5. The maximum atomic E-state index is 11.0. The molecule has 0 atom stereocenters. The lowest BCUT2D eigenvalue weighted by Crippen LogP contribution is -2.07. The van der Waals surface area contributed by atoms with Crippen molar-refractivity contribution in [1.29, 1.82) is 0 Å². The number of hydrogen-bond acceptors (Lipinski definition) is 4. The predicted octanol–water partition coefficient (Wildman–Crippen LogP) is 4.79. The van der Waals surface area contributed by atoms with Crippen molar-refractivity contribution in [2.75, 3.05) is 6.61 Å². The number of hydrogen-bond donors (Lipinski definition) is 1. The summed E-state index contributed by atoms with van der Waals surface area (Å²) in [7, 11) is 0. The second-order valence-corrected chi connectivity index (χ2v) is 5.68. The Labute approximate surface area is 138 Å². The lowest BCUT2D eigenvalue weighted by atomic mass is 10.2. The fourth-order valence-corrected chi connectivity index (χ4v) is 2.73. The van der Waals surface area contributed by atoms with Gasteiger partial charge < -0.3 is 14.4 Å². The van der Waals surface area contributed by atoms with Crippen molar-refractivity contribution in [3.05, 3.63) is 58.0 Å². The Hall–Kier alpha value is -2.53. The molecular weight excluding hydrogens is 316 g/mol. The van der Waals surface area contributed by atoms with E-state index in [1.807, 2.05) is 31.2 Å². The molecule has 5 nitrogen and oxygen atoms in total. The van der Waals surface area contributed by atoms with E-state index in [4.69, 9.17) is 16.3 Å². The minimum atomic E-state index is -0.176. The molecule has 6 heteroatoms. The van der Waals surface area contributed by atoms with Gasteiger partial charge in [0.15, 0.2) is 5.69 Å². The van der Waals surface area contributed by atoms with Crippen LogP contribution < -0.4 is 4.74 Å². The molecule has 0 aliphatic carbocycles. The molecule has 0 unspecified atom stereocenters. The first-order valence-electron chi connectivity index (χ1n) is 7.13. The van der Waals surface area contributed by atoms with Gasteiger partial charge in [0.1, 0.15) is 12.4 Å². The van der Waals surface area contributed by atoms with Crippen molar-refractivity contribution < 1.29 is 9.84 Å². The van der Waals surface area contributed by atoms with Crippen LogP contribution in [0.2, 0.25) is 5.02 Å². The van der Waals surface area contributed by atoms with Gasteiger partial charge in [-0.25, -0.2) is 0 Å². The maximum absolute atomic E-state index is 11.0. The van der Waals surface area contributed by atoms with Crippen molar-refractivity contribution in [1.82, 2.24) is 4.57 Å². The molecule has 0 aliphatic heterocycles. The number of aromatic hydroxyl groups is 1. The Morgan fingerprint density at radius 1 is 1.26 bits per heavy atom. The highest BCUT2D eigenvalue weighted by Crippen LogP contribution is 2.39. The second-order valence-electron chi connectivity index (χ2n) is 5.24. The van der Waals surface area contributed by atoms with Gasteiger partial charge in [0.2, 0.25) is 5.88 Å². The minimum absolute atomic E-state index is 0.0206. The Bertz CT molecular complexity index is 874. The number of aromatic nitrogens is 1. The van der Waals surface area contributed by atoms with E-state index in [9.17, 15) is 10.0 Å². The van der Waals surface area contributed by atoms with E-state index in [0.717, 1.165) is 11.3 Å². The van der Waals surface area contributed by atoms with E-state index in [0.29, 0.717) is 29.1 Å². The summed E-state index contributed by atoms with van der Waals surface area (Å²) < 4.78 is 7.27. The third-order valence-electron chi connectivity index (χ3n) is 3.64. The molecule has 0 radical (unpaired) electrons. The monoisotopic (exact) mass is 330 g/mol. The van der Waals surface area contributed by atoms with Crippen LogP contribution in [0.4, 0.5) is 5.69 Å². The van der Waals surface area contributed by atoms with Crippen molar-refractivity contribution >= 4 is 28.2 Å². The zero-order valence-corrected chi connectivity index (χ0v) is 13.2. The van der Waals surface area contributed by atoms with Gasteiger partial charge in [-0.15, -0.1) is 4.91 Å². The normalized spacial score (nSPS) is 10.9. The van der Waals surface area contributed by atoms with Crippen LogP contribution in [0.5, 0.6) is 11.6 Å². The molecule has 0 bridgehead atoms. The summed E-state index contributed by atoms with van der Waals surface area (Å²) in [6.07, 6.45) is 0. The largest absolute Gasteiger partial charge is 0.493 e. The van der Waals surface area contributed by atoms with E-state index in [-0.39, 0.29) is 11.6 Å². The molecule has 0 aliphatic rings. The third-order valence-corrected chi connectivity index (χ3v) is 3.87. The van der Waals surface area contributed by atoms with Gasteiger partial charge >= 0.3 is 0 Å². The van der Waals surface area contributed by atoms with Gasteiger partial charge in [-0.05, 0) is 48.0 Å². The van der Waals surface area contributed by atoms with Gasteiger partial charge in [-0.2, -0.15) is 0 Å². The standard InChI is InChI=1S/C17H15ClN2O3/c1-11-3-2-4-13(9-11)23-8-7-20-15-10-12(18)5-6-14(15)16(19-22)17(20)21/h2-6,9-10,21H,7-8H2,1H3. The van der Waals surface area contributed by atoms with Gasteiger partial charge in [-0.1, -0.05) is 23.7 Å². The third kappa shape index (κ3) is 3.00. The molecular formula is C17H15ClN2O3. The number of nitroso groups, excluding NO2 is 1. The van der Waals surface area contributed by atoms with Crippen LogP contribution >= 0.6 is 11.6 Å². The number of ether oxygens (including phenoxy) is 1. The first-order valence-corrected chi connectivity index (χ1v) is 7.51. The zero-order chi connectivity index (χ0) is 16.4. The number of fused-ring (bicyclic) bond motifs is 1. The molecule has 118 valence electrons. The summed E-state index contributed by atoms with van der Waals surface area (Å²) in [6.45, 7) is 2.69. The molecule has 2 aromatic carbocycles. The van der Waals surface area contributed by atoms with Crippen molar-refractivity contribution in [3.63, 3.8) is 0 Å². The Morgan fingerprint density at radius 3 is 2.83 bits per heavy atom. The van der Waals surface area contributed by atoms with Crippen LogP contribution in [0.3, 0.4) is 0 Å². The van der Waals surface area contributed by atoms with E-state index >= 15 is 0 Å². The number of halogens is 1. The summed E-state index contributed by atoms with van der Waals surface area (Å²) in [6, 6.07) is 12.7. The zero-order valence-electron chi connectivity index (χ0n) is 12.5. The molecule has 1 aromatic heterocycles. The quantitative estimate of drug-likeness (QED) is 0.684. The highest BCUT2D eigenvalue weighted by atomic mass is 35.5. The Balaban J connectivity index is 1.86. The van der Waals surface area contributed by atoms with E-state index in [1.165, 1.54) is 0 Å². The SMILES string of the molecule is Cc1cccc(OCCn2c(O)c(N=O)c3ccc(Cl)cc32)c1. The molecule has 0 saturated carbocycles. The Morgan fingerprint density at radius 2 is 2.09 bits per heavy atom. The summed E-state index contributed by atoms with van der Waals surface area (Å²) in [5.74, 6) is 0.581. The smallest absolute Gasteiger partial charge is 0.222 e. The maximum Gasteiger partial charge on any atom is 0.222 e. The average Bonchev–Trinajstić information content (AvgIpc) is 2.79. The summed E-state index contributed by atoms with van der Waals surface area (Å²) in [5, 5.41) is 14.2. The molecule has 23 heavy (non-hydrogen) atoms. The molecule has 1 heterocycles. The van der Waals surface area contributed by atoms with Crippen LogP contribution in [0.1, 0.15) is 5.56 Å². The van der Waals surface area contributed by atoms with E-state index < -0.39 is 0 Å². The lowest BCUT2D eigenvalue weighted by Gasteiger charge is -2.09. The molecule has 0 saturated heterocycles. The summed E-state index contributed by atoms with van der Waals surface area (Å²) in [5.41, 5.74) is 1.78. The van der Waals surface area contributed by atoms with Crippen molar-refractivity contribution in [3.8, 4) is 11.6 Å². The lowest BCUT2D eigenvalue weighted by molar-refractivity contribution is 0.290. The van der Waals surface area contributed by atoms with Gasteiger partial charge in [0.05, 0.1) is 12.1 Å². The fourth-order valence-electron chi connectivity index (χ4n) is 2.57. The van der Waals surface area contributed by atoms with Crippen LogP contribution in [-0.2, 0) is 6.54 Å². The summed E-state index contributed by atoms with van der Waals surface area (Å²) in [4.78, 5) is 11.0. The van der Waals surface area contributed by atoms with E-state index in [1.54, 1.807) is 22.8 Å². The highest BCUT2D eigenvalue weighted by molar-refractivity contribution is 6.31. The highest BCUT2D eigenvalue weighted by Gasteiger charge is 2.17. The van der Waals surface area contributed by atoms with Gasteiger partial charge in [0, 0.05) is 10.4 Å². The van der Waals surface area contributed by atoms with E-state index in [2.05, 4.69) is 5.18 Å². The van der Waals surface area contributed by atoms with Crippen LogP contribution in [0.15, 0.2) is 47.6 Å². The van der Waals surface area contributed by atoms with Crippen LogP contribution in [-0.4, -0.2) is 16.3 Å². The molecule has 0 fully saturated rings. The minimum Gasteiger partial charge on any atom is -0.493 e. The van der Waals surface area contributed by atoms with Crippen molar-refractivity contribution in [2.45, 2.75) is 13.5 Å². The number of aryl methyl sites for hydroxylation is 1. The van der Waals surface area contributed by atoms with Crippen LogP contribution in [0, 0.1) is 11.8 Å². The second kappa shape index (κ2) is 6.30. The first kappa shape index (κ1) is 15.4. The fraction of sp³-hybridized carbons (Fsp3) is 0.176. The molecule has 0 amide bonds. The Kier molecular flexibility index (Phi) is 4.21. The average molecular weight is 331 g/mol. The molecule has 0 spiro atoms. The summed E-state index contributed by atoms with van der Waals surface area (Å²) >= 11 is 6.01. The molecule has 3 aromatic rings. The molecule has 1 N–H and O–H groups in total. The van der Waals surface area contributed by atoms with Crippen LogP contribution in [0.25, 0.3) is 10.9 Å². The van der Waals surface area contributed by atoms with Gasteiger partial charge in [-0.3, -0.25) is 0 Å². The first-order chi connectivity index (χ1) is 11.1. The number of benzene rings is 2. The predicted molar refractivity (Wildman–Crippen MR) is 90.7 cm³/mol. The molecule has 3 rings (SSSR count). The number of nitrogens with zero attached hydrogens (tertiary/aromatic N) is 2. The topological polar surface area (TPSA) is 63.8 Å². The van der Waals surface area contributed by atoms with Gasteiger partial charge in [0.25, 0.3) is 0 Å².